The number of carbonyl (C=O) groups is 2. The molecule has 0 aliphatic rings. The van der Waals surface area contributed by atoms with Crippen molar-refractivity contribution in [2.24, 2.45) is 0 Å². The number of non-ortho nitro benzene ring substituents is 1. The smallest absolute Gasteiger partial charge is 0.340 e. The predicted octanol–water partition coefficient (Wildman–Crippen LogP) is 2.78. The lowest BCUT2D eigenvalue weighted by molar-refractivity contribution is -0.385. The summed E-state index contributed by atoms with van der Waals surface area (Å²) in [5.74, 6) is -2.29. The first-order chi connectivity index (χ1) is 11.9. The summed E-state index contributed by atoms with van der Waals surface area (Å²) in [5.41, 5.74) is -0.793. The molecule has 1 N–H and O–H groups in total. The van der Waals surface area contributed by atoms with Gasteiger partial charge in [-0.2, -0.15) is 0 Å². The van der Waals surface area contributed by atoms with Gasteiger partial charge in [0.15, 0.2) is 0 Å². The zero-order valence-electron chi connectivity index (χ0n) is 13.2. The van der Waals surface area contributed by atoms with Gasteiger partial charge in [0.1, 0.15) is 11.6 Å². The van der Waals surface area contributed by atoms with Crippen molar-refractivity contribution in [2.45, 2.75) is 0 Å². The summed E-state index contributed by atoms with van der Waals surface area (Å²) in [6.07, 6.45) is 0. The molecule has 0 aliphatic heterocycles. The standard InChI is InChI=1S/C16H13FN2O6/c1-24-10-4-6-14(12(8-10)16(21)25-2)18-15(20)11-5-3-9(19(22)23)7-13(11)17/h3-8H,1-2H3,(H,18,20). The normalized spacial score (nSPS) is 10.0. The molecule has 8 nitrogen and oxygen atoms in total. The molecule has 0 aromatic heterocycles. The fraction of sp³-hybridized carbons (Fsp3) is 0.125. The van der Waals surface area contributed by atoms with Crippen LogP contribution < -0.4 is 10.1 Å². The molecule has 2 rings (SSSR count). The number of halogens is 1. The summed E-state index contributed by atoms with van der Waals surface area (Å²) in [7, 11) is 2.57. The number of esters is 1. The molecule has 2 aromatic carbocycles. The molecule has 25 heavy (non-hydrogen) atoms. The molecule has 9 heteroatoms. The van der Waals surface area contributed by atoms with Crippen molar-refractivity contribution in [3.8, 4) is 5.75 Å². The zero-order chi connectivity index (χ0) is 18.6. The summed E-state index contributed by atoms with van der Waals surface area (Å²) in [5, 5.41) is 13.0. The highest BCUT2D eigenvalue weighted by atomic mass is 19.1. The summed E-state index contributed by atoms with van der Waals surface area (Å²) < 4.78 is 23.6. The number of hydrogen-bond donors (Lipinski definition) is 1. The number of hydrogen-bond acceptors (Lipinski definition) is 6. The van der Waals surface area contributed by atoms with Crippen LogP contribution in [-0.2, 0) is 4.74 Å². The minimum absolute atomic E-state index is 0.0116. The van der Waals surface area contributed by atoms with Gasteiger partial charge in [-0.1, -0.05) is 0 Å². The van der Waals surface area contributed by atoms with Crippen molar-refractivity contribution in [3.63, 3.8) is 0 Å². The van der Waals surface area contributed by atoms with Crippen LogP contribution in [0.5, 0.6) is 5.75 Å². The Morgan fingerprint density at radius 2 is 1.84 bits per heavy atom. The molecule has 0 radical (unpaired) electrons. The van der Waals surface area contributed by atoms with Crippen molar-refractivity contribution < 1.29 is 28.4 Å². The van der Waals surface area contributed by atoms with Crippen LogP contribution in [-0.4, -0.2) is 31.0 Å². The molecule has 0 spiro atoms. The second-order valence-electron chi connectivity index (χ2n) is 4.78. The number of carbonyl (C=O) groups excluding carboxylic acids is 2. The first kappa shape index (κ1) is 17.9. The average molecular weight is 348 g/mol. The van der Waals surface area contributed by atoms with Crippen LogP contribution in [0, 0.1) is 15.9 Å². The van der Waals surface area contributed by atoms with Gasteiger partial charge in [0.05, 0.1) is 42.0 Å². The Bertz CT molecular complexity index is 853. The van der Waals surface area contributed by atoms with Gasteiger partial charge in [-0.25, -0.2) is 9.18 Å². The second kappa shape index (κ2) is 7.39. The van der Waals surface area contributed by atoms with E-state index in [9.17, 15) is 24.1 Å². The number of nitro benzene ring substituents is 1. The molecule has 1 amide bonds. The quantitative estimate of drug-likeness (QED) is 0.506. The van der Waals surface area contributed by atoms with E-state index in [1.807, 2.05) is 0 Å². The van der Waals surface area contributed by atoms with Crippen LogP contribution in [0.25, 0.3) is 0 Å². The predicted molar refractivity (Wildman–Crippen MR) is 85.3 cm³/mol. The molecule has 0 bridgehead atoms. The average Bonchev–Trinajstić information content (AvgIpc) is 2.60. The van der Waals surface area contributed by atoms with E-state index in [1.54, 1.807) is 0 Å². The lowest BCUT2D eigenvalue weighted by atomic mass is 10.1. The van der Waals surface area contributed by atoms with Gasteiger partial charge in [0.2, 0.25) is 0 Å². The van der Waals surface area contributed by atoms with Crippen LogP contribution in [0.3, 0.4) is 0 Å². The molecule has 0 aliphatic carbocycles. The number of nitrogens with zero attached hydrogens (tertiary/aromatic N) is 1. The molecule has 0 fully saturated rings. The third-order valence-corrected chi connectivity index (χ3v) is 3.29. The van der Waals surface area contributed by atoms with E-state index < -0.39 is 33.9 Å². The lowest BCUT2D eigenvalue weighted by Crippen LogP contribution is -2.17. The number of nitro groups is 1. The van der Waals surface area contributed by atoms with Crippen LogP contribution in [0.15, 0.2) is 36.4 Å². The van der Waals surface area contributed by atoms with Crippen molar-refractivity contribution in [3.05, 3.63) is 63.5 Å². The molecule has 0 unspecified atom stereocenters. The summed E-state index contributed by atoms with van der Waals surface area (Å²) in [6, 6.07) is 6.88. The van der Waals surface area contributed by atoms with Crippen LogP contribution in [0.1, 0.15) is 20.7 Å². The number of ether oxygens (including phenoxy) is 2. The van der Waals surface area contributed by atoms with Crippen molar-refractivity contribution >= 4 is 23.3 Å². The van der Waals surface area contributed by atoms with Gasteiger partial charge in [0, 0.05) is 6.07 Å². The van der Waals surface area contributed by atoms with E-state index in [1.165, 1.54) is 32.4 Å². The van der Waals surface area contributed by atoms with Crippen LogP contribution in [0.4, 0.5) is 15.8 Å². The van der Waals surface area contributed by atoms with Gasteiger partial charge in [0.25, 0.3) is 11.6 Å². The van der Waals surface area contributed by atoms with Crippen molar-refractivity contribution in [2.75, 3.05) is 19.5 Å². The molecule has 0 heterocycles. The van der Waals surface area contributed by atoms with Gasteiger partial charge < -0.3 is 14.8 Å². The molecule has 0 saturated heterocycles. The molecule has 0 saturated carbocycles. The molecule has 0 atom stereocenters. The Hall–Kier alpha value is -3.49. The highest BCUT2D eigenvalue weighted by Gasteiger charge is 2.19. The molecule has 2 aromatic rings. The Kier molecular flexibility index (Phi) is 5.28. The first-order valence-corrected chi connectivity index (χ1v) is 6.89. The summed E-state index contributed by atoms with van der Waals surface area (Å²) >= 11 is 0. The molecule has 130 valence electrons. The number of amides is 1. The maximum Gasteiger partial charge on any atom is 0.340 e. The lowest BCUT2D eigenvalue weighted by Gasteiger charge is -2.11. The van der Waals surface area contributed by atoms with E-state index in [-0.39, 0.29) is 11.3 Å². The minimum atomic E-state index is -1.06. The van der Waals surface area contributed by atoms with Crippen molar-refractivity contribution in [1.29, 1.82) is 0 Å². The van der Waals surface area contributed by atoms with E-state index in [4.69, 9.17) is 4.74 Å². The SMILES string of the molecule is COC(=O)c1cc(OC)ccc1NC(=O)c1ccc([N+](=O)[O-])cc1F. The zero-order valence-corrected chi connectivity index (χ0v) is 13.2. The fourth-order valence-electron chi connectivity index (χ4n) is 2.03. The van der Waals surface area contributed by atoms with E-state index in [0.717, 1.165) is 12.1 Å². The summed E-state index contributed by atoms with van der Waals surface area (Å²) in [4.78, 5) is 33.9. The monoisotopic (exact) mass is 348 g/mol. The maximum atomic E-state index is 13.9. The van der Waals surface area contributed by atoms with Gasteiger partial charge in [-0.15, -0.1) is 0 Å². The Labute approximate surface area is 141 Å². The number of anilines is 1. The van der Waals surface area contributed by atoms with Crippen LogP contribution in [0.2, 0.25) is 0 Å². The van der Waals surface area contributed by atoms with E-state index in [2.05, 4.69) is 10.1 Å². The Morgan fingerprint density at radius 3 is 2.40 bits per heavy atom. The minimum Gasteiger partial charge on any atom is -0.497 e. The molecular formula is C16H13FN2O6. The number of methoxy groups -OCH3 is 2. The highest BCUT2D eigenvalue weighted by Crippen LogP contribution is 2.24. The van der Waals surface area contributed by atoms with Crippen molar-refractivity contribution in [1.82, 2.24) is 0 Å². The number of benzene rings is 2. The van der Waals surface area contributed by atoms with Gasteiger partial charge in [-0.05, 0) is 24.3 Å². The van der Waals surface area contributed by atoms with Gasteiger partial charge in [-0.3, -0.25) is 14.9 Å². The largest absolute Gasteiger partial charge is 0.497 e. The second-order valence-corrected chi connectivity index (χ2v) is 4.78. The number of rotatable bonds is 5. The maximum absolute atomic E-state index is 13.9. The topological polar surface area (TPSA) is 108 Å². The Balaban J connectivity index is 2.35. The fourth-order valence-corrected chi connectivity index (χ4v) is 2.03. The van der Waals surface area contributed by atoms with E-state index in [0.29, 0.717) is 11.8 Å². The van der Waals surface area contributed by atoms with Gasteiger partial charge >= 0.3 is 5.97 Å². The number of nitrogens with one attached hydrogen (secondary N) is 1. The molecular weight excluding hydrogens is 335 g/mol. The van der Waals surface area contributed by atoms with Crippen LogP contribution >= 0.6 is 0 Å². The highest BCUT2D eigenvalue weighted by molar-refractivity contribution is 6.08. The summed E-state index contributed by atoms with van der Waals surface area (Å²) in [6.45, 7) is 0. The Morgan fingerprint density at radius 1 is 1.12 bits per heavy atom. The third-order valence-electron chi connectivity index (χ3n) is 3.29. The third kappa shape index (κ3) is 3.89. The van der Waals surface area contributed by atoms with E-state index >= 15 is 0 Å². The first-order valence-electron chi connectivity index (χ1n) is 6.89.